The van der Waals surface area contributed by atoms with Gasteiger partial charge in [-0.25, -0.2) is 0 Å². The zero-order valence-corrected chi connectivity index (χ0v) is 11.7. The summed E-state index contributed by atoms with van der Waals surface area (Å²) >= 11 is 0. The lowest BCUT2D eigenvalue weighted by Crippen LogP contribution is -2.28. The Morgan fingerprint density at radius 2 is 2.33 bits per heavy atom. The molecule has 4 heteroatoms. The van der Waals surface area contributed by atoms with Gasteiger partial charge in [-0.3, -0.25) is 9.48 Å². The number of ketones is 1. The zero-order valence-electron chi connectivity index (χ0n) is 11.7. The molecule has 1 aliphatic carbocycles. The fourth-order valence-electron chi connectivity index (χ4n) is 2.98. The predicted molar refractivity (Wildman–Crippen MR) is 69.9 cm³/mol. The Bertz CT molecular complexity index is 427. The van der Waals surface area contributed by atoms with E-state index in [4.69, 9.17) is 4.74 Å². The van der Waals surface area contributed by atoms with Crippen molar-refractivity contribution in [2.75, 3.05) is 7.11 Å². The molecule has 0 amide bonds. The molecule has 1 saturated carbocycles. The molecule has 0 spiro atoms. The molecule has 0 bridgehead atoms. The molecule has 0 radical (unpaired) electrons. The number of aryl methyl sites for hydroxylation is 1. The lowest BCUT2D eigenvalue weighted by Gasteiger charge is -2.26. The number of methoxy groups -OCH3 is 1. The SMILES string of the molecule is CCn1ncc(OC)c1C(=O)C1CCCC1(C)C. The third kappa shape index (κ3) is 2.04. The van der Waals surface area contributed by atoms with E-state index in [1.54, 1.807) is 18.0 Å². The Morgan fingerprint density at radius 1 is 1.61 bits per heavy atom. The minimum absolute atomic E-state index is 0.0882. The van der Waals surface area contributed by atoms with E-state index in [-0.39, 0.29) is 17.1 Å². The zero-order chi connectivity index (χ0) is 13.3. The van der Waals surface area contributed by atoms with Gasteiger partial charge in [0.25, 0.3) is 0 Å². The van der Waals surface area contributed by atoms with E-state index in [0.717, 1.165) is 19.3 Å². The molecule has 1 heterocycles. The maximum absolute atomic E-state index is 12.7. The second-order valence-electron chi connectivity index (χ2n) is 5.67. The Kier molecular flexibility index (Phi) is 3.46. The van der Waals surface area contributed by atoms with Crippen molar-refractivity contribution in [3.05, 3.63) is 11.9 Å². The van der Waals surface area contributed by atoms with Gasteiger partial charge in [-0.05, 0) is 25.2 Å². The first kappa shape index (κ1) is 13.1. The normalized spacial score (nSPS) is 22.1. The summed E-state index contributed by atoms with van der Waals surface area (Å²) in [6, 6.07) is 0. The quantitative estimate of drug-likeness (QED) is 0.772. The highest BCUT2D eigenvalue weighted by molar-refractivity contribution is 5.99. The topological polar surface area (TPSA) is 44.1 Å². The lowest BCUT2D eigenvalue weighted by molar-refractivity contribution is 0.0824. The molecule has 4 nitrogen and oxygen atoms in total. The summed E-state index contributed by atoms with van der Waals surface area (Å²) in [7, 11) is 1.59. The van der Waals surface area contributed by atoms with Crippen LogP contribution in [0.4, 0.5) is 0 Å². The first-order valence-electron chi connectivity index (χ1n) is 6.65. The summed E-state index contributed by atoms with van der Waals surface area (Å²) in [5.74, 6) is 0.881. The Balaban J connectivity index is 2.36. The molecule has 1 aromatic heterocycles. The number of Topliss-reactive ketones (excluding diaryl/α,β-unsaturated/α-hetero) is 1. The van der Waals surface area contributed by atoms with Crippen LogP contribution in [0.2, 0.25) is 0 Å². The van der Waals surface area contributed by atoms with Crippen molar-refractivity contribution in [2.45, 2.75) is 46.6 Å². The van der Waals surface area contributed by atoms with Crippen LogP contribution < -0.4 is 4.74 Å². The van der Waals surface area contributed by atoms with Gasteiger partial charge in [0.05, 0.1) is 13.3 Å². The molecule has 0 aliphatic heterocycles. The summed E-state index contributed by atoms with van der Waals surface area (Å²) in [6.45, 7) is 7.05. The van der Waals surface area contributed by atoms with Gasteiger partial charge < -0.3 is 4.74 Å². The standard InChI is InChI=1S/C14H22N2O2/c1-5-16-12(11(18-4)9-15-16)13(17)10-7-6-8-14(10,2)3/h9-10H,5-8H2,1-4H3. The highest BCUT2D eigenvalue weighted by Gasteiger charge is 2.41. The largest absolute Gasteiger partial charge is 0.493 e. The number of carbonyl (C=O) groups is 1. The maximum Gasteiger partial charge on any atom is 0.188 e. The van der Waals surface area contributed by atoms with Crippen LogP contribution in [0.25, 0.3) is 0 Å². The van der Waals surface area contributed by atoms with E-state index in [0.29, 0.717) is 18.0 Å². The van der Waals surface area contributed by atoms with E-state index in [2.05, 4.69) is 18.9 Å². The van der Waals surface area contributed by atoms with Gasteiger partial charge in [0.15, 0.2) is 11.5 Å². The molecule has 1 atom stereocenters. The van der Waals surface area contributed by atoms with E-state index >= 15 is 0 Å². The molecular formula is C14H22N2O2. The van der Waals surface area contributed by atoms with Crippen LogP contribution in [0.15, 0.2) is 6.20 Å². The molecule has 0 aromatic carbocycles. The molecule has 1 fully saturated rings. The highest BCUT2D eigenvalue weighted by atomic mass is 16.5. The van der Waals surface area contributed by atoms with Crippen molar-refractivity contribution in [1.29, 1.82) is 0 Å². The molecular weight excluding hydrogens is 228 g/mol. The number of rotatable bonds is 4. The minimum Gasteiger partial charge on any atom is -0.493 e. The fraction of sp³-hybridized carbons (Fsp3) is 0.714. The Hall–Kier alpha value is -1.32. The number of nitrogens with zero attached hydrogens (tertiary/aromatic N) is 2. The van der Waals surface area contributed by atoms with Gasteiger partial charge in [-0.2, -0.15) is 5.10 Å². The molecule has 1 aliphatic rings. The third-order valence-electron chi connectivity index (χ3n) is 4.13. The summed E-state index contributed by atoms with van der Waals surface area (Å²) < 4.78 is 7.02. The van der Waals surface area contributed by atoms with Crippen molar-refractivity contribution in [2.24, 2.45) is 11.3 Å². The maximum atomic E-state index is 12.7. The van der Waals surface area contributed by atoms with Crippen LogP contribution in [-0.4, -0.2) is 22.7 Å². The van der Waals surface area contributed by atoms with Crippen molar-refractivity contribution in [1.82, 2.24) is 9.78 Å². The number of hydrogen-bond donors (Lipinski definition) is 0. The van der Waals surface area contributed by atoms with Gasteiger partial charge in [-0.15, -0.1) is 0 Å². The van der Waals surface area contributed by atoms with Crippen molar-refractivity contribution in [3.8, 4) is 5.75 Å². The number of carbonyl (C=O) groups excluding carboxylic acids is 1. The molecule has 1 unspecified atom stereocenters. The number of aromatic nitrogens is 2. The van der Waals surface area contributed by atoms with Crippen LogP contribution in [-0.2, 0) is 6.54 Å². The average molecular weight is 250 g/mol. The van der Waals surface area contributed by atoms with Crippen LogP contribution in [0.3, 0.4) is 0 Å². The summed E-state index contributed by atoms with van der Waals surface area (Å²) in [6.07, 6.45) is 4.86. The number of ether oxygens (including phenoxy) is 1. The molecule has 0 N–H and O–H groups in total. The van der Waals surface area contributed by atoms with Gasteiger partial charge in [0.1, 0.15) is 5.69 Å². The second-order valence-corrected chi connectivity index (χ2v) is 5.67. The van der Waals surface area contributed by atoms with Crippen molar-refractivity contribution < 1.29 is 9.53 Å². The van der Waals surface area contributed by atoms with Crippen LogP contribution in [0.5, 0.6) is 5.75 Å². The Morgan fingerprint density at radius 3 is 2.83 bits per heavy atom. The van der Waals surface area contributed by atoms with Crippen LogP contribution in [0.1, 0.15) is 50.5 Å². The van der Waals surface area contributed by atoms with Crippen molar-refractivity contribution >= 4 is 5.78 Å². The highest BCUT2D eigenvalue weighted by Crippen LogP contribution is 2.44. The van der Waals surface area contributed by atoms with E-state index < -0.39 is 0 Å². The predicted octanol–water partition coefficient (Wildman–Crippen LogP) is 2.92. The van der Waals surface area contributed by atoms with Crippen LogP contribution in [0, 0.1) is 11.3 Å². The van der Waals surface area contributed by atoms with Gasteiger partial charge >= 0.3 is 0 Å². The molecule has 1 aromatic rings. The minimum atomic E-state index is 0.0882. The lowest BCUT2D eigenvalue weighted by atomic mass is 9.78. The van der Waals surface area contributed by atoms with Gasteiger partial charge in [-0.1, -0.05) is 20.3 Å². The van der Waals surface area contributed by atoms with Crippen molar-refractivity contribution in [3.63, 3.8) is 0 Å². The fourth-order valence-corrected chi connectivity index (χ4v) is 2.98. The number of hydrogen-bond acceptors (Lipinski definition) is 3. The summed E-state index contributed by atoms with van der Waals surface area (Å²) in [4.78, 5) is 12.7. The molecule has 100 valence electrons. The monoisotopic (exact) mass is 250 g/mol. The smallest absolute Gasteiger partial charge is 0.188 e. The van der Waals surface area contributed by atoms with E-state index in [1.165, 1.54) is 0 Å². The summed E-state index contributed by atoms with van der Waals surface area (Å²) in [5.41, 5.74) is 0.727. The first-order valence-corrected chi connectivity index (χ1v) is 6.65. The molecule has 2 rings (SSSR count). The molecule has 0 saturated heterocycles. The summed E-state index contributed by atoms with van der Waals surface area (Å²) in [5, 5.41) is 4.22. The molecule has 18 heavy (non-hydrogen) atoms. The Labute approximate surface area is 108 Å². The van der Waals surface area contributed by atoms with Gasteiger partial charge in [0.2, 0.25) is 0 Å². The second kappa shape index (κ2) is 4.75. The third-order valence-corrected chi connectivity index (χ3v) is 4.13. The van der Waals surface area contributed by atoms with E-state index in [1.807, 2.05) is 6.92 Å². The van der Waals surface area contributed by atoms with Gasteiger partial charge in [0, 0.05) is 12.5 Å². The first-order chi connectivity index (χ1) is 8.51. The van der Waals surface area contributed by atoms with E-state index in [9.17, 15) is 4.79 Å². The average Bonchev–Trinajstić information content (AvgIpc) is 2.90. The van der Waals surface area contributed by atoms with Crippen LogP contribution >= 0.6 is 0 Å².